The van der Waals surface area contributed by atoms with Crippen LogP contribution in [0.4, 0.5) is 10.5 Å². The molecule has 0 heterocycles. The lowest BCUT2D eigenvalue weighted by atomic mass is 10.1. The highest BCUT2D eigenvalue weighted by Gasteiger charge is 2.25. The number of anilines is 1. The van der Waals surface area contributed by atoms with Crippen molar-refractivity contribution in [1.82, 2.24) is 5.32 Å². The maximum atomic E-state index is 11.7. The quantitative estimate of drug-likeness (QED) is 0.564. The third kappa shape index (κ3) is 3.95. The molecule has 2 rings (SSSR count). The van der Waals surface area contributed by atoms with E-state index in [2.05, 4.69) is 33.2 Å². The second-order valence-corrected chi connectivity index (χ2v) is 5.52. The Balaban J connectivity index is 1.84. The topological polar surface area (TPSA) is 78.4 Å². The number of carboxylic acid groups (broad SMARTS) is 1. The molecule has 0 saturated carbocycles. The van der Waals surface area contributed by atoms with Crippen molar-refractivity contribution in [1.29, 1.82) is 0 Å². The molecule has 0 radical (unpaired) electrons. The van der Waals surface area contributed by atoms with Gasteiger partial charge >= 0.3 is 12.0 Å². The van der Waals surface area contributed by atoms with Crippen LogP contribution >= 0.6 is 22.6 Å². The van der Waals surface area contributed by atoms with Gasteiger partial charge in [0.25, 0.3) is 0 Å². The fourth-order valence-corrected chi connectivity index (χ4v) is 2.22. The van der Waals surface area contributed by atoms with E-state index in [1.807, 2.05) is 24.3 Å². The Morgan fingerprint density at radius 3 is 2.47 bits per heavy atom. The maximum absolute atomic E-state index is 11.7. The third-order valence-corrected chi connectivity index (χ3v) is 3.54. The number of hydrogen-bond acceptors (Lipinski definition) is 2. The van der Waals surface area contributed by atoms with E-state index in [0.29, 0.717) is 12.1 Å². The molecule has 0 spiro atoms. The molecule has 1 aromatic carbocycles. The van der Waals surface area contributed by atoms with Crippen LogP contribution in [0.2, 0.25) is 0 Å². The highest BCUT2D eigenvalue weighted by molar-refractivity contribution is 14.1. The lowest BCUT2D eigenvalue weighted by molar-refractivity contribution is -0.140. The zero-order valence-corrected chi connectivity index (χ0v) is 12.1. The third-order valence-electron chi connectivity index (χ3n) is 2.82. The molecule has 2 atom stereocenters. The molecule has 1 aliphatic rings. The average molecular weight is 372 g/mol. The second-order valence-electron chi connectivity index (χ2n) is 4.28. The average Bonchev–Trinajstić information content (AvgIpc) is 2.80. The number of carboxylic acids is 1. The number of nitrogens with one attached hydrogen (secondary N) is 2. The zero-order valence-electron chi connectivity index (χ0n) is 9.97. The van der Waals surface area contributed by atoms with Gasteiger partial charge in [-0.2, -0.15) is 0 Å². The number of hydrogen-bond donors (Lipinski definition) is 3. The van der Waals surface area contributed by atoms with Gasteiger partial charge in [-0.25, -0.2) is 4.79 Å². The van der Waals surface area contributed by atoms with Gasteiger partial charge in [0.15, 0.2) is 0 Å². The molecule has 2 unspecified atom stereocenters. The molecule has 0 fully saturated rings. The Kier molecular flexibility index (Phi) is 4.41. The van der Waals surface area contributed by atoms with E-state index in [-0.39, 0.29) is 12.1 Å². The van der Waals surface area contributed by atoms with Crippen molar-refractivity contribution in [3.8, 4) is 0 Å². The van der Waals surface area contributed by atoms with E-state index in [0.717, 1.165) is 3.57 Å². The smallest absolute Gasteiger partial charge is 0.319 e. The molecule has 0 saturated heterocycles. The predicted molar refractivity (Wildman–Crippen MR) is 80.0 cm³/mol. The Morgan fingerprint density at radius 1 is 1.21 bits per heavy atom. The van der Waals surface area contributed by atoms with Gasteiger partial charge in [-0.05, 0) is 53.3 Å². The van der Waals surface area contributed by atoms with Gasteiger partial charge in [0.2, 0.25) is 0 Å². The summed E-state index contributed by atoms with van der Waals surface area (Å²) in [6.07, 6.45) is 3.72. The van der Waals surface area contributed by atoms with Crippen LogP contribution in [0.15, 0.2) is 36.4 Å². The zero-order chi connectivity index (χ0) is 13.8. The van der Waals surface area contributed by atoms with E-state index in [1.165, 1.54) is 0 Å². The summed E-state index contributed by atoms with van der Waals surface area (Å²) < 4.78 is 1.09. The van der Waals surface area contributed by atoms with E-state index >= 15 is 0 Å². The number of urea groups is 1. The van der Waals surface area contributed by atoms with Crippen molar-refractivity contribution in [2.24, 2.45) is 5.92 Å². The molecule has 1 aromatic rings. The van der Waals surface area contributed by atoms with Crippen molar-refractivity contribution in [2.45, 2.75) is 12.5 Å². The number of amides is 2. The van der Waals surface area contributed by atoms with E-state index in [4.69, 9.17) is 5.11 Å². The molecule has 6 heteroatoms. The molecular weight excluding hydrogens is 359 g/mol. The largest absolute Gasteiger partial charge is 0.481 e. The van der Waals surface area contributed by atoms with Crippen LogP contribution in [0.1, 0.15) is 6.42 Å². The summed E-state index contributed by atoms with van der Waals surface area (Å²) in [5, 5.41) is 14.3. The fraction of sp³-hybridized carbons (Fsp3) is 0.231. The van der Waals surface area contributed by atoms with Gasteiger partial charge in [-0.1, -0.05) is 12.2 Å². The Bertz CT molecular complexity index is 513. The molecule has 3 N–H and O–H groups in total. The highest BCUT2D eigenvalue weighted by atomic mass is 127. The molecule has 0 aliphatic heterocycles. The molecule has 1 aliphatic carbocycles. The summed E-state index contributed by atoms with van der Waals surface area (Å²) in [7, 11) is 0. The van der Waals surface area contributed by atoms with Crippen molar-refractivity contribution in [2.75, 3.05) is 5.32 Å². The molecule has 0 aromatic heterocycles. The number of carbonyl (C=O) groups excluding carboxylic acids is 1. The van der Waals surface area contributed by atoms with Crippen LogP contribution in [0.5, 0.6) is 0 Å². The van der Waals surface area contributed by atoms with Crippen molar-refractivity contribution < 1.29 is 14.7 Å². The van der Waals surface area contributed by atoms with Crippen molar-refractivity contribution >= 4 is 40.3 Å². The van der Waals surface area contributed by atoms with E-state index < -0.39 is 11.9 Å². The Hall–Kier alpha value is -1.57. The van der Waals surface area contributed by atoms with Gasteiger partial charge in [0.05, 0.1) is 12.0 Å². The van der Waals surface area contributed by atoms with Gasteiger partial charge in [-0.15, -0.1) is 0 Å². The predicted octanol–water partition coefficient (Wildman–Crippen LogP) is 2.44. The molecule has 2 amide bonds. The first-order valence-corrected chi connectivity index (χ1v) is 6.86. The molecule has 19 heavy (non-hydrogen) atoms. The molecule has 0 bridgehead atoms. The van der Waals surface area contributed by atoms with Gasteiger partial charge in [-0.3, -0.25) is 4.79 Å². The number of rotatable bonds is 3. The first-order chi connectivity index (χ1) is 9.04. The van der Waals surface area contributed by atoms with Crippen LogP contribution in [0.3, 0.4) is 0 Å². The Morgan fingerprint density at radius 2 is 1.89 bits per heavy atom. The number of aliphatic carboxylic acids is 1. The molecular formula is C13H13IN2O3. The normalized spacial score (nSPS) is 21.1. The Labute approximate surface area is 124 Å². The summed E-state index contributed by atoms with van der Waals surface area (Å²) >= 11 is 2.19. The van der Waals surface area contributed by atoms with Crippen molar-refractivity contribution in [3.63, 3.8) is 0 Å². The summed E-state index contributed by atoms with van der Waals surface area (Å²) in [4.78, 5) is 22.5. The fourth-order valence-electron chi connectivity index (χ4n) is 1.86. The van der Waals surface area contributed by atoms with Crippen LogP contribution in [0.25, 0.3) is 0 Å². The number of carbonyl (C=O) groups is 2. The molecule has 100 valence electrons. The standard InChI is InChI=1S/C13H13IN2O3/c14-9-2-5-10(6-3-9)15-13(19)16-11-4-1-8(7-11)12(17)18/h1-6,8,11H,7H2,(H,17,18)(H2,15,16,19). The van der Waals surface area contributed by atoms with Crippen molar-refractivity contribution in [3.05, 3.63) is 40.0 Å². The summed E-state index contributed by atoms with van der Waals surface area (Å²) in [6.45, 7) is 0. The SMILES string of the molecule is O=C(Nc1ccc(I)cc1)NC1C=CC(C(=O)O)C1. The van der Waals surface area contributed by atoms with Gasteiger partial charge in [0, 0.05) is 9.26 Å². The van der Waals surface area contributed by atoms with E-state index in [9.17, 15) is 9.59 Å². The van der Waals surface area contributed by atoms with Crippen LogP contribution in [-0.2, 0) is 4.79 Å². The van der Waals surface area contributed by atoms with E-state index in [1.54, 1.807) is 12.2 Å². The minimum absolute atomic E-state index is 0.232. The van der Waals surface area contributed by atoms with Crippen LogP contribution in [0, 0.1) is 9.49 Å². The lowest BCUT2D eigenvalue weighted by Crippen LogP contribution is -2.36. The van der Waals surface area contributed by atoms with Crippen LogP contribution in [-0.4, -0.2) is 23.1 Å². The minimum atomic E-state index is -0.862. The second kappa shape index (κ2) is 6.05. The summed E-state index contributed by atoms with van der Waals surface area (Å²) in [6, 6.07) is 6.85. The first kappa shape index (κ1) is 13.9. The minimum Gasteiger partial charge on any atom is -0.481 e. The molecule has 5 nitrogen and oxygen atoms in total. The highest BCUT2D eigenvalue weighted by Crippen LogP contribution is 2.18. The lowest BCUT2D eigenvalue weighted by Gasteiger charge is -2.13. The monoisotopic (exact) mass is 372 g/mol. The van der Waals surface area contributed by atoms with Crippen LogP contribution < -0.4 is 10.6 Å². The number of halogens is 1. The first-order valence-electron chi connectivity index (χ1n) is 5.79. The summed E-state index contributed by atoms with van der Waals surface area (Å²) in [5.74, 6) is -1.37. The number of benzene rings is 1. The van der Waals surface area contributed by atoms with Gasteiger partial charge in [0.1, 0.15) is 0 Å². The van der Waals surface area contributed by atoms with Gasteiger partial charge < -0.3 is 15.7 Å². The maximum Gasteiger partial charge on any atom is 0.319 e. The summed E-state index contributed by atoms with van der Waals surface area (Å²) in [5.41, 5.74) is 0.703.